The van der Waals surface area contributed by atoms with Crippen LogP contribution in [-0.4, -0.2) is 31.1 Å². The van der Waals surface area contributed by atoms with Gasteiger partial charge in [-0.25, -0.2) is 0 Å². The average molecular weight is 252 g/mol. The fourth-order valence-corrected chi connectivity index (χ4v) is 2.95. The molecule has 1 saturated carbocycles. The lowest BCUT2D eigenvalue weighted by Crippen LogP contribution is -2.35. The van der Waals surface area contributed by atoms with E-state index in [2.05, 4.69) is 48.6 Å². The van der Waals surface area contributed by atoms with Gasteiger partial charge in [-0.2, -0.15) is 0 Å². The van der Waals surface area contributed by atoms with Crippen LogP contribution in [0.25, 0.3) is 0 Å². The standard InChI is InChI=1S/C14H24N2S/c1-11(2)16(3)9-8-15-14(12-6-7-12)13-5-4-10-17-13/h4-5,10-12,14-15H,6-9H2,1-3H3. The molecule has 0 bridgehead atoms. The van der Waals surface area contributed by atoms with Crippen LogP contribution in [-0.2, 0) is 0 Å². The van der Waals surface area contributed by atoms with Gasteiger partial charge in [0.15, 0.2) is 0 Å². The largest absolute Gasteiger partial charge is 0.308 e. The summed E-state index contributed by atoms with van der Waals surface area (Å²) in [6, 6.07) is 5.68. The van der Waals surface area contributed by atoms with Crippen molar-refractivity contribution in [1.82, 2.24) is 10.2 Å². The molecule has 96 valence electrons. The van der Waals surface area contributed by atoms with Gasteiger partial charge in [-0.05, 0) is 51.1 Å². The highest BCUT2D eigenvalue weighted by molar-refractivity contribution is 7.10. The molecule has 2 rings (SSSR count). The lowest BCUT2D eigenvalue weighted by atomic mass is 10.1. The smallest absolute Gasteiger partial charge is 0.0443 e. The van der Waals surface area contributed by atoms with Crippen molar-refractivity contribution in [2.24, 2.45) is 5.92 Å². The molecule has 17 heavy (non-hydrogen) atoms. The highest BCUT2D eigenvalue weighted by Gasteiger charge is 2.32. The summed E-state index contributed by atoms with van der Waals surface area (Å²) in [5, 5.41) is 5.93. The van der Waals surface area contributed by atoms with E-state index >= 15 is 0 Å². The van der Waals surface area contributed by atoms with Gasteiger partial charge in [0.25, 0.3) is 0 Å². The Hall–Kier alpha value is -0.380. The fraction of sp³-hybridized carbons (Fsp3) is 0.714. The maximum absolute atomic E-state index is 3.74. The number of hydrogen-bond donors (Lipinski definition) is 1. The maximum atomic E-state index is 3.74. The van der Waals surface area contributed by atoms with E-state index in [1.165, 1.54) is 17.7 Å². The Labute approximate surface area is 109 Å². The second-order valence-electron chi connectivity index (χ2n) is 5.36. The molecule has 1 aromatic rings. The Morgan fingerprint density at radius 1 is 1.47 bits per heavy atom. The molecule has 0 radical (unpaired) electrons. The zero-order valence-corrected chi connectivity index (χ0v) is 12.0. The molecule has 0 amide bonds. The molecule has 0 spiro atoms. The molecule has 1 aliphatic carbocycles. The second kappa shape index (κ2) is 5.98. The molecule has 1 N–H and O–H groups in total. The molecule has 1 aromatic heterocycles. The number of nitrogens with zero attached hydrogens (tertiary/aromatic N) is 1. The molecule has 1 atom stereocenters. The number of hydrogen-bond acceptors (Lipinski definition) is 3. The van der Waals surface area contributed by atoms with Crippen LogP contribution >= 0.6 is 11.3 Å². The van der Waals surface area contributed by atoms with Crippen molar-refractivity contribution < 1.29 is 0 Å². The minimum atomic E-state index is 0.607. The molecule has 1 fully saturated rings. The Morgan fingerprint density at radius 2 is 2.24 bits per heavy atom. The number of rotatable bonds is 7. The molecule has 0 aliphatic heterocycles. The van der Waals surface area contributed by atoms with Gasteiger partial charge in [0.2, 0.25) is 0 Å². The monoisotopic (exact) mass is 252 g/mol. The predicted octanol–water partition coefficient (Wildman–Crippen LogP) is 3.13. The lowest BCUT2D eigenvalue weighted by Gasteiger charge is -2.23. The fourth-order valence-electron chi connectivity index (χ4n) is 2.05. The van der Waals surface area contributed by atoms with Gasteiger partial charge in [0, 0.05) is 30.1 Å². The van der Waals surface area contributed by atoms with Gasteiger partial charge >= 0.3 is 0 Å². The van der Waals surface area contributed by atoms with Crippen molar-refractivity contribution in [3.05, 3.63) is 22.4 Å². The van der Waals surface area contributed by atoms with Crippen LogP contribution in [0.2, 0.25) is 0 Å². The minimum Gasteiger partial charge on any atom is -0.308 e. The van der Waals surface area contributed by atoms with Crippen molar-refractivity contribution in [2.45, 2.75) is 38.8 Å². The normalized spacial score (nSPS) is 17.9. The summed E-state index contributed by atoms with van der Waals surface area (Å²) in [6.45, 7) is 6.72. The van der Waals surface area contributed by atoms with E-state index in [4.69, 9.17) is 0 Å². The average Bonchev–Trinajstić information content (AvgIpc) is 2.99. The summed E-state index contributed by atoms with van der Waals surface area (Å²) in [6.07, 6.45) is 2.80. The highest BCUT2D eigenvalue weighted by Crippen LogP contribution is 2.42. The summed E-state index contributed by atoms with van der Waals surface area (Å²) in [4.78, 5) is 3.91. The van der Waals surface area contributed by atoms with E-state index in [1.54, 1.807) is 0 Å². The summed E-state index contributed by atoms with van der Waals surface area (Å²) < 4.78 is 0. The van der Waals surface area contributed by atoms with E-state index in [9.17, 15) is 0 Å². The number of thiophene rings is 1. The summed E-state index contributed by atoms with van der Waals surface area (Å²) in [5.74, 6) is 0.887. The topological polar surface area (TPSA) is 15.3 Å². The Balaban J connectivity index is 1.79. The summed E-state index contributed by atoms with van der Waals surface area (Å²) in [5.41, 5.74) is 0. The Kier molecular flexibility index (Phi) is 4.60. The van der Waals surface area contributed by atoms with E-state index < -0.39 is 0 Å². The third-order valence-electron chi connectivity index (χ3n) is 3.65. The first-order valence-electron chi connectivity index (χ1n) is 6.65. The van der Waals surface area contributed by atoms with Gasteiger partial charge in [-0.15, -0.1) is 11.3 Å². The van der Waals surface area contributed by atoms with Crippen LogP contribution in [0, 0.1) is 5.92 Å². The van der Waals surface area contributed by atoms with Crippen LogP contribution in [0.1, 0.15) is 37.6 Å². The molecular formula is C14H24N2S. The van der Waals surface area contributed by atoms with E-state index in [1.807, 2.05) is 11.3 Å². The van der Waals surface area contributed by atoms with Crippen molar-refractivity contribution in [3.8, 4) is 0 Å². The van der Waals surface area contributed by atoms with E-state index in [-0.39, 0.29) is 0 Å². The Morgan fingerprint density at radius 3 is 2.76 bits per heavy atom. The number of nitrogens with one attached hydrogen (secondary N) is 1. The van der Waals surface area contributed by atoms with Crippen molar-refractivity contribution in [2.75, 3.05) is 20.1 Å². The molecule has 0 aromatic carbocycles. The van der Waals surface area contributed by atoms with E-state index in [0.717, 1.165) is 19.0 Å². The van der Waals surface area contributed by atoms with Gasteiger partial charge in [0.1, 0.15) is 0 Å². The first-order chi connectivity index (χ1) is 8.18. The maximum Gasteiger partial charge on any atom is 0.0443 e. The molecule has 1 heterocycles. The SMILES string of the molecule is CC(C)N(C)CCNC(c1cccs1)C1CC1. The van der Waals surface area contributed by atoms with Gasteiger partial charge < -0.3 is 10.2 Å². The quantitative estimate of drug-likeness (QED) is 0.802. The van der Waals surface area contributed by atoms with Crippen molar-refractivity contribution >= 4 is 11.3 Å². The lowest BCUT2D eigenvalue weighted by molar-refractivity contribution is 0.267. The van der Waals surface area contributed by atoms with Crippen molar-refractivity contribution in [1.29, 1.82) is 0 Å². The van der Waals surface area contributed by atoms with Crippen LogP contribution < -0.4 is 5.32 Å². The van der Waals surface area contributed by atoms with Gasteiger partial charge in [0.05, 0.1) is 0 Å². The van der Waals surface area contributed by atoms with Crippen LogP contribution in [0.4, 0.5) is 0 Å². The molecule has 3 heteroatoms. The zero-order chi connectivity index (χ0) is 12.3. The molecular weight excluding hydrogens is 228 g/mol. The first kappa shape index (κ1) is 13.1. The summed E-state index contributed by atoms with van der Waals surface area (Å²) >= 11 is 1.89. The van der Waals surface area contributed by atoms with Crippen LogP contribution in [0.3, 0.4) is 0 Å². The van der Waals surface area contributed by atoms with E-state index in [0.29, 0.717) is 12.1 Å². The van der Waals surface area contributed by atoms with Crippen molar-refractivity contribution in [3.63, 3.8) is 0 Å². The zero-order valence-electron chi connectivity index (χ0n) is 11.1. The van der Waals surface area contributed by atoms with Crippen LogP contribution in [0.15, 0.2) is 17.5 Å². The Bertz CT molecular complexity index is 317. The molecule has 2 nitrogen and oxygen atoms in total. The molecule has 1 unspecified atom stereocenters. The third kappa shape index (κ3) is 3.80. The summed E-state index contributed by atoms with van der Waals surface area (Å²) in [7, 11) is 2.20. The minimum absolute atomic E-state index is 0.607. The van der Waals surface area contributed by atoms with Gasteiger partial charge in [-0.1, -0.05) is 6.07 Å². The second-order valence-corrected chi connectivity index (χ2v) is 6.34. The predicted molar refractivity (Wildman–Crippen MR) is 75.6 cm³/mol. The molecule has 0 saturated heterocycles. The molecule has 1 aliphatic rings. The van der Waals surface area contributed by atoms with Crippen LogP contribution in [0.5, 0.6) is 0 Å². The number of likely N-dealkylation sites (N-methyl/N-ethyl adjacent to an activating group) is 1. The van der Waals surface area contributed by atoms with Gasteiger partial charge in [-0.3, -0.25) is 0 Å². The first-order valence-corrected chi connectivity index (χ1v) is 7.53. The third-order valence-corrected chi connectivity index (χ3v) is 4.61. The highest BCUT2D eigenvalue weighted by atomic mass is 32.1.